The van der Waals surface area contributed by atoms with Crippen LogP contribution in [0.3, 0.4) is 0 Å². The Bertz CT molecular complexity index is 388. The first-order valence-corrected chi connectivity index (χ1v) is 6.13. The van der Waals surface area contributed by atoms with Gasteiger partial charge < -0.3 is 9.47 Å². The smallest absolute Gasteiger partial charge is 0.141 e. The molecule has 0 bridgehead atoms. The molecule has 0 N–H and O–H groups in total. The average molecular weight is 310 g/mol. The van der Waals surface area contributed by atoms with Gasteiger partial charge in [-0.15, -0.1) is 11.6 Å². The molecule has 5 heteroatoms. The Morgan fingerprint density at radius 3 is 2.81 bits per heavy atom. The van der Waals surface area contributed by atoms with Crippen LogP contribution >= 0.6 is 27.5 Å². The highest BCUT2D eigenvalue weighted by molar-refractivity contribution is 9.10. The molecular weight excluding hydrogens is 298 g/mol. The van der Waals surface area contributed by atoms with Gasteiger partial charge >= 0.3 is 0 Å². The molecule has 1 aromatic carbocycles. The van der Waals surface area contributed by atoms with Crippen molar-refractivity contribution in [2.45, 2.75) is 24.0 Å². The predicted octanol–water partition coefficient (Wildman–Crippen LogP) is 3.36. The molecule has 3 atom stereocenters. The van der Waals surface area contributed by atoms with Gasteiger partial charge in [0.15, 0.2) is 0 Å². The molecule has 0 heterocycles. The van der Waals surface area contributed by atoms with Crippen molar-refractivity contribution in [3.63, 3.8) is 0 Å². The monoisotopic (exact) mass is 308 g/mol. The van der Waals surface area contributed by atoms with Crippen molar-refractivity contribution in [1.29, 1.82) is 0 Å². The number of methoxy groups -OCH3 is 1. The van der Waals surface area contributed by atoms with E-state index < -0.39 is 0 Å². The minimum Gasteiger partial charge on any atom is -0.487 e. The highest BCUT2D eigenvalue weighted by Crippen LogP contribution is 2.33. The van der Waals surface area contributed by atoms with Gasteiger partial charge in [0.25, 0.3) is 0 Å². The molecule has 1 saturated carbocycles. The maximum atomic E-state index is 13.2. The fraction of sp³-hybridized carbons (Fsp3) is 0.455. The van der Waals surface area contributed by atoms with E-state index in [0.717, 1.165) is 6.42 Å². The van der Waals surface area contributed by atoms with Gasteiger partial charge in [-0.3, -0.25) is 0 Å². The first-order valence-electron chi connectivity index (χ1n) is 4.90. The summed E-state index contributed by atoms with van der Waals surface area (Å²) in [4.78, 5) is 0. The van der Waals surface area contributed by atoms with Crippen LogP contribution in [0.5, 0.6) is 5.75 Å². The molecule has 3 unspecified atom stereocenters. The molecule has 1 fully saturated rings. The van der Waals surface area contributed by atoms with Crippen LogP contribution in [0.2, 0.25) is 0 Å². The third-order valence-electron chi connectivity index (χ3n) is 2.63. The van der Waals surface area contributed by atoms with Gasteiger partial charge in [0.05, 0.1) is 9.85 Å². The van der Waals surface area contributed by atoms with Crippen LogP contribution in [0.25, 0.3) is 0 Å². The Hall–Kier alpha value is -0.320. The highest BCUT2D eigenvalue weighted by atomic mass is 79.9. The molecule has 88 valence electrons. The number of halogens is 3. The second-order valence-corrected chi connectivity index (χ2v) is 5.10. The van der Waals surface area contributed by atoms with Gasteiger partial charge in [0, 0.05) is 19.6 Å². The lowest BCUT2D eigenvalue weighted by Gasteiger charge is -2.39. The van der Waals surface area contributed by atoms with Crippen molar-refractivity contribution in [1.82, 2.24) is 0 Å². The number of hydrogen-bond donors (Lipinski definition) is 0. The Morgan fingerprint density at radius 2 is 2.25 bits per heavy atom. The van der Waals surface area contributed by atoms with Gasteiger partial charge in [-0.1, -0.05) is 0 Å². The van der Waals surface area contributed by atoms with Crippen LogP contribution in [-0.2, 0) is 4.74 Å². The largest absolute Gasteiger partial charge is 0.487 e. The summed E-state index contributed by atoms with van der Waals surface area (Å²) in [5, 5.41) is -0.0182. The van der Waals surface area contributed by atoms with Crippen molar-refractivity contribution in [2.24, 2.45) is 0 Å². The lowest BCUT2D eigenvalue weighted by Crippen LogP contribution is -2.52. The van der Waals surface area contributed by atoms with E-state index in [1.54, 1.807) is 19.2 Å². The van der Waals surface area contributed by atoms with Gasteiger partial charge in [0.1, 0.15) is 23.8 Å². The fourth-order valence-corrected chi connectivity index (χ4v) is 2.35. The van der Waals surface area contributed by atoms with E-state index in [-0.39, 0.29) is 23.4 Å². The summed E-state index contributed by atoms with van der Waals surface area (Å²) in [6.07, 6.45) is 0.513. The van der Waals surface area contributed by atoms with Crippen molar-refractivity contribution in [3.05, 3.63) is 28.5 Å². The third kappa shape index (κ3) is 2.34. The van der Waals surface area contributed by atoms with E-state index in [9.17, 15) is 4.39 Å². The maximum absolute atomic E-state index is 13.2. The number of hydrogen-bond acceptors (Lipinski definition) is 2. The van der Waals surface area contributed by atoms with Crippen molar-refractivity contribution < 1.29 is 13.9 Å². The summed E-state index contributed by atoms with van der Waals surface area (Å²) >= 11 is 9.03. The predicted molar refractivity (Wildman–Crippen MR) is 63.6 cm³/mol. The van der Waals surface area contributed by atoms with Crippen LogP contribution in [-0.4, -0.2) is 24.7 Å². The second kappa shape index (κ2) is 4.90. The molecule has 0 amide bonds. The Kier molecular flexibility index (Phi) is 3.72. The van der Waals surface area contributed by atoms with E-state index in [4.69, 9.17) is 21.1 Å². The number of rotatable bonds is 3. The molecule has 0 spiro atoms. The van der Waals surface area contributed by atoms with E-state index >= 15 is 0 Å². The Balaban J connectivity index is 2.02. The number of alkyl halides is 1. The average Bonchev–Trinajstić information content (AvgIpc) is 2.23. The summed E-state index contributed by atoms with van der Waals surface area (Å²) < 4.78 is 24.4. The molecule has 2 rings (SSSR count). The van der Waals surface area contributed by atoms with Crippen LogP contribution in [0.1, 0.15) is 6.42 Å². The highest BCUT2D eigenvalue weighted by Gasteiger charge is 2.42. The van der Waals surface area contributed by atoms with Crippen LogP contribution in [0.15, 0.2) is 22.7 Å². The molecule has 0 aliphatic heterocycles. The molecule has 2 nitrogen and oxygen atoms in total. The molecule has 0 aromatic heterocycles. The first kappa shape index (κ1) is 12.1. The molecule has 0 radical (unpaired) electrons. The molecule has 1 aliphatic carbocycles. The number of ether oxygens (including phenoxy) is 2. The Labute approximate surface area is 107 Å². The van der Waals surface area contributed by atoms with E-state index in [0.29, 0.717) is 10.2 Å². The van der Waals surface area contributed by atoms with E-state index in [1.807, 2.05) is 0 Å². The van der Waals surface area contributed by atoms with Gasteiger partial charge in [0.2, 0.25) is 0 Å². The summed E-state index contributed by atoms with van der Waals surface area (Å²) in [5.41, 5.74) is 0. The van der Waals surface area contributed by atoms with E-state index in [2.05, 4.69) is 15.9 Å². The minimum absolute atomic E-state index is 0.0182. The zero-order valence-electron chi connectivity index (χ0n) is 8.62. The van der Waals surface area contributed by atoms with Crippen LogP contribution in [0.4, 0.5) is 4.39 Å². The summed E-state index contributed by atoms with van der Waals surface area (Å²) in [5.74, 6) is 0.157. The van der Waals surface area contributed by atoms with Crippen molar-refractivity contribution in [2.75, 3.05) is 7.11 Å². The maximum Gasteiger partial charge on any atom is 0.141 e. The standard InChI is InChI=1S/C11H11BrClFO2/c1-15-11-8(13)5-10(11)16-6-2-3-7(12)9(14)4-6/h2-4,8,10-11H,5H2,1H3. The minimum atomic E-state index is -0.340. The summed E-state index contributed by atoms with van der Waals surface area (Å²) in [6, 6.07) is 4.67. The number of benzene rings is 1. The van der Waals surface area contributed by atoms with Gasteiger partial charge in [-0.2, -0.15) is 0 Å². The molecule has 0 saturated heterocycles. The van der Waals surface area contributed by atoms with Crippen LogP contribution < -0.4 is 4.74 Å². The van der Waals surface area contributed by atoms with E-state index in [1.165, 1.54) is 6.07 Å². The van der Waals surface area contributed by atoms with Crippen molar-refractivity contribution in [3.8, 4) is 5.75 Å². The SMILES string of the molecule is COC1C(Cl)CC1Oc1ccc(Br)c(F)c1. The quantitative estimate of drug-likeness (QED) is 0.797. The zero-order chi connectivity index (χ0) is 11.7. The van der Waals surface area contributed by atoms with Gasteiger partial charge in [-0.05, 0) is 28.1 Å². The molecular formula is C11H11BrClFO2. The van der Waals surface area contributed by atoms with Crippen LogP contribution in [0, 0.1) is 5.82 Å². The molecule has 16 heavy (non-hydrogen) atoms. The second-order valence-electron chi connectivity index (χ2n) is 3.68. The topological polar surface area (TPSA) is 18.5 Å². The lowest BCUT2D eigenvalue weighted by molar-refractivity contribution is -0.0584. The molecule has 1 aliphatic rings. The van der Waals surface area contributed by atoms with Crippen molar-refractivity contribution >= 4 is 27.5 Å². The summed E-state index contributed by atoms with van der Waals surface area (Å²) in [6.45, 7) is 0. The molecule has 1 aromatic rings. The van der Waals surface area contributed by atoms with Gasteiger partial charge in [-0.25, -0.2) is 4.39 Å². The first-order chi connectivity index (χ1) is 7.61. The Morgan fingerprint density at radius 1 is 1.50 bits per heavy atom. The normalized spacial score (nSPS) is 28.6. The summed E-state index contributed by atoms with van der Waals surface area (Å²) in [7, 11) is 1.59. The lowest BCUT2D eigenvalue weighted by atomic mass is 9.91. The zero-order valence-corrected chi connectivity index (χ0v) is 11.0. The fourth-order valence-electron chi connectivity index (χ4n) is 1.67. The third-order valence-corrected chi connectivity index (χ3v) is 3.70.